The van der Waals surface area contributed by atoms with Crippen LogP contribution in [0.1, 0.15) is 39.2 Å². The monoisotopic (exact) mass is 276 g/mol. The lowest BCUT2D eigenvalue weighted by Crippen LogP contribution is -2.48. The van der Waals surface area contributed by atoms with E-state index in [1.54, 1.807) is 0 Å². The Kier molecular flexibility index (Phi) is 5.06. The third-order valence-corrected chi connectivity index (χ3v) is 4.16. The van der Waals surface area contributed by atoms with Crippen molar-refractivity contribution in [3.63, 3.8) is 0 Å². The second kappa shape index (κ2) is 6.59. The summed E-state index contributed by atoms with van der Waals surface area (Å²) in [7, 11) is 0. The Hall–Kier alpha value is -1.06. The van der Waals surface area contributed by atoms with Gasteiger partial charge < -0.3 is 15.7 Å². The highest BCUT2D eigenvalue weighted by atomic mass is 16.3. The predicted molar refractivity (Wildman–Crippen MR) is 85.1 cm³/mol. The van der Waals surface area contributed by atoms with Gasteiger partial charge in [-0.25, -0.2) is 0 Å². The van der Waals surface area contributed by atoms with Crippen LogP contribution in [0.15, 0.2) is 24.3 Å². The van der Waals surface area contributed by atoms with Crippen LogP contribution in [0.2, 0.25) is 0 Å². The van der Waals surface area contributed by atoms with E-state index in [0.717, 1.165) is 32.4 Å². The van der Waals surface area contributed by atoms with E-state index >= 15 is 0 Å². The Morgan fingerprint density at radius 3 is 2.90 bits per heavy atom. The number of fused-ring (bicyclic) bond motifs is 1. The molecular weight excluding hydrogens is 248 g/mol. The molecule has 112 valence electrons. The average Bonchev–Trinajstić information content (AvgIpc) is 2.43. The standard InChI is InChI=1S/C17H28N2O/c1-13(2)12-18-11-10-17(3,20)16-9-8-14-6-4-5-7-15(14)19-16/h4-7,13,16,18-20H,8-12H2,1-3H3. The molecule has 1 aromatic carbocycles. The van der Waals surface area contributed by atoms with Crippen molar-refractivity contribution in [3.8, 4) is 0 Å². The SMILES string of the molecule is CC(C)CNCCC(C)(O)C1CCc2ccccc2N1. The number of aryl methyl sites for hydroxylation is 1. The van der Waals surface area contributed by atoms with Crippen LogP contribution >= 0.6 is 0 Å². The molecule has 2 unspecified atom stereocenters. The van der Waals surface area contributed by atoms with Gasteiger partial charge in [0.15, 0.2) is 0 Å². The Morgan fingerprint density at radius 1 is 1.40 bits per heavy atom. The van der Waals surface area contributed by atoms with Gasteiger partial charge in [0.1, 0.15) is 0 Å². The topological polar surface area (TPSA) is 44.3 Å². The lowest BCUT2D eigenvalue weighted by Gasteiger charge is -2.38. The summed E-state index contributed by atoms with van der Waals surface area (Å²) in [4.78, 5) is 0. The van der Waals surface area contributed by atoms with Crippen LogP contribution in [0.4, 0.5) is 5.69 Å². The molecule has 0 aromatic heterocycles. The van der Waals surface area contributed by atoms with E-state index in [4.69, 9.17) is 0 Å². The second-order valence-corrected chi connectivity index (χ2v) is 6.60. The number of hydrogen-bond acceptors (Lipinski definition) is 3. The molecule has 0 saturated carbocycles. The summed E-state index contributed by atoms with van der Waals surface area (Å²) in [6.07, 6.45) is 2.82. The lowest BCUT2D eigenvalue weighted by atomic mass is 9.85. The molecule has 0 spiro atoms. The van der Waals surface area contributed by atoms with Gasteiger partial charge in [0.05, 0.1) is 11.6 Å². The van der Waals surface area contributed by atoms with Gasteiger partial charge in [-0.2, -0.15) is 0 Å². The van der Waals surface area contributed by atoms with Gasteiger partial charge in [-0.3, -0.25) is 0 Å². The summed E-state index contributed by atoms with van der Waals surface area (Å²) in [6.45, 7) is 8.23. The van der Waals surface area contributed by atoms with Gasteiger partial charge >= 0.3 is 0 Å². The zero-order chi connectivity index (χ0) is 14.6. The summed E-state index contributed by atoms with van der Waals surface area (Å²) in [5.74, 6) is 0.652. The Balaban J connectivity index is 1.87. The zero-order valence-electron chi connectivity index (χ0n) is 12.9. The summed E-state index contributed by atoms with van der Waals surface area (Å²) in [5.41, 5.74) is 1.87. The molecule has 1 heterocycles. The number of rotatable bonds is 6. The van der Waals surface area contributed by atoms with E-state index < -0.39 is 5.60 Å². The minimum atomic E-state index is -0.669. The van der Waals surface area contributed by atoms with E-state index in [2.05, 4.69) is 42.7 Å². The molecule has 2 rings (SSSR count). The maximum atomic E-state index is 10.7. The van der Waals surface area contributed by atoms with Gasteiger partial charge in [-0.15, -0.1) is 0 Å². The fourth-order valence-electron chi connectivity index (χ4n) is 2.81. The molecule has 1 aliphatic rings. The molecule has 1 aliphatic heterocycles. The summed E-state index contributed by atoms with van der Waals surface area (Å²) in [6, 6.07) is 8.53. The molecule has 2 atom stereocenters. The minimum Gasteiger partial charge on any atom is -0.388 e. The largest absolute Gasteiger partial charge is 0.388 e. The van der Waals surface area contributed by atoms with Crippen LogP contribution in [-0.4, -0.2) is 29.8 Å². The molecule has 0 amide bonds. The number of aliphatic hydroxyl groups is 1. The van der Waals surface area contributed by atoms with Gasteiger partial charge in [-0.1, -0.05) is 32.0 Å². The molecule has 0 saturated heterocycles. The summed E-state index contributed by atoms with van der Waals surface area (Å²) in [5, 5.41) is 17.6. The van der Waals surface area contributed by atoms with E-state index in [0.29, 0.717) is 5.92 Å². The molecule has 20 heavy (non-hydrogen) atoms. The first-order valence-corrected chi connectivity index (χ1v) is 7.76. The second-order valence-electron chi connectivity index (χ2n) is 6.60. The molecule has 0 aliphatic carbocycles. The first kappa shape index (κ1) is 15.3. The average molecular weight is 276 g/mol. The van der Waals surface area contributed by atoms with Gasteiger partial charge in [0.25, 0.3) is 0 Å². The van der Waals surface area contributed by atoms with Crippen molar-refractivity contribution in [2.24, 2.45) is 5.92 Å². The van der Waals surface area contributed by atoms with Gasteiger partial charge in [0.2, 0.25) is 0 Å². The number of nitrogens with one attached hydrogen (secondary N) is 2. The molecule has 1 aromatic rings. The normalized spacial score (nSPS) is 21.1. The number of hydrogen-bond donors (Lipinski definition) is 3. The zero-order valence-corrected chi connectivity index (χ0v) is 12.9. The molecule has 3 nitrogen and oxygen atoms in total. The smallest absolute Gasteiger partial charge is 0.0831 e. The van der Waals surface area contributed by atoms with Crippen LogP contribution in [-0.2, 0) is 6.42 Å². The van der Waals surface area contributed by atoms with E-state index in [1.165, 1.54) is 11.3 Å². The summed E-state index contributed by atoms with van der Waals surface area (Å²) >= 11 is 0. The number of benzene rings is 1. The predicted octanol–water partition coefficient (Wildman–Crippen LogP) is 2.80. The maximum absolute atomic E-state index is 10.7. The third kappa shape index (κ3) is 3.97. The van der Waals surface area contributed by atoms with Crippen molar-refractivity contribution in [2.45, 2.75) is 51.7 Å². The van der Waals surface area contributed by atoms with E-state index in [1.807, 2.05) is 13.0 Å². The highest BCUT2D eigenvalue weighted by molar-refractivity contribution is 5.54. The maximum Gasteiger partial charge on any atom is 0.0831 e. The Bertz CT molecular complexity index is 429. The third-order valence-electron chi connectivity index (χ3n) is 4.16. The van der Waals surface area contributed by atoms with Crippen LogP contribution in [0.25, 0.3) is 0 Å². The van der Waals surface area contributed by atoms with Gasteiger partial charge in [0, 0.05) is 5.69 Å². The van der Waals surface area contributed by atoms with Crippen molar-refractivity contribution in [3.05, 3.63) is 29.8 Å². The summed E-state index contributed by atoms with van der Waals surface area (Å²) < 4.78 is 0. The van der Waals surface area contributed by atoms with Crippen LogP contribution in [0, 0.1) is 5.92 Å². The van der Waals surface area contributed by atoms with Crippen molar-refractivity contribution >= 4 is 5.69 Å². The first-order valence-electron chi connectivity index (χ1n) is 7.76. The molecule has 3 heteroatoms. The quantitative estimate of drug-likeness (QED) is 0.700. The van der Waals surface area contributed by atoms with Crippen molar-refractivity contribution in [1.29, 1.82) is 0 Å². The minimum absolute atomic E-state index is 0.137. The van der Waals surface area contributed by atoms with E-state index in [-0.39, 0.29) is 6.04 Å². The lowest BCUT2D eigenvalue weighted by molar-refractivity contribution is 0.0277. The van der Waals surface area contributed by atoms with Crippen molar-refractivity contribution in [2.75, 3.05) is 18.4 Å². The molecule has 0 bridgehead atoms. The van der Waals surface area contributed by atoms with Crippen LogP contribution in [0.3, 0.4) is 0 Å². The van der Waals surface area contributed by atoms with Gasteiger partial charge in [-0.05, 0) is 56.8 Å². The first-order chi connectivity index (χ1) is 9.49. The molecule has 3 N–H and O–H groups in total. The number of anilines is 1. The molecule has 0 radical (unpaired) electrons. The Labute approximate surface area is 122 Å². The molecular formula is C17H28N2O. The van der Waals surface area contributed by atoms with Crippen LogP contribution in [0.5, 0.6) is 0 Å². The van der Waals surface area contributed by atoms with Crippen molar-refractivity contribution < 1.29 is 5.11 Å². The highest BCUT2D eigenvalue weighted by Gasteiger charge is 2.33. The highest BCUT2D eigenvalue weighted by Crippen LogP contribution is 2.30. The fourth-order valence-corrected chi connectivity index (χ4v) is 2.81. The van der Waals surface area contributed by atoms with E-state index in [9.17, 15) is 5.11 Å². The van der Waals surface area contributed by atoms with Crippen LogP contribution < -0.4 is 10.6 Å². The fraction of sp³-hybridized carbons (Fsp3) is 0.647. The number of para-hydroxylation sites is 1. The van der Waals surface area contributed by atoms with Crippen molar-refractivity contribution in [1.82, 2.24) is 5.32 Å². The molecule has 0 fully saturated rings. The Morgan fingerprint density at radius 2 is 2.15 bits per heavy atom.